The fraction of sp³-hybridized carbons (Fsp3) is 0.292. The van der Waals surface area contributed by atoms with Crippen LogP contribution in [0.2, 0.25) is 0 Å². The van der Waals surface area contributed by atoms with Gasteiger partial charge in [0.1, 0.15) is 6.61 Å². The van der Waals surface area contributed by atoms with Gasteiger partial charge in [-0.25, -0.2) is 4.79 Å². The molecule has 1 fully saturated rings. The molecule has 2 aromatic carbocycles. The van der Waals surface area contributed by atoms with Crippen molar-refractivity contribution in [3.63, 3.8) is 0 Å². The van der Waals surface area contributed by atoms with Gasteiger partial charge in [-0.05, 0) is 29.7 Å². The van der Waals surface area contributed by atoms with E-state index in [9.17, 15) is 27.6 Å². The van der Waals surface area contributed by atoms with Crippen molar-refractivity contribution < 1.29 is 32.2 Å². The van der Waals surface area contributed by atoms with Crippen LogP contribution >= 0.6 is 0 Å². The van der Waals surface area contributed by atoms with Crippen LogP contribution in [-0.2, 0) is 20.4 Å². The first-order valence-electron chi connectivity index (χ1n) is 10.5. The molecule has 7 nitrogen and oxygen atoms in total. The van der Waals surface area contributed by atoms with E-state index < -0.39 is 35.5 Å². The number of H-pyrrole nitrogens is 1. The van der Waals surface area contributed by atoms with Crippen molar-refractivity contribution in [2.75, 3.05) is 18.1 Å². The first-order valence-corrected chi connectivity index (χ1v) is 10.5. The molecule has 34 heavy (non-hydrogen) atoms. The van der Waals surface area contributed by atoms with Crippen LogP contribution in [0.1, 0.15) is 19.4 Å². The number of cyclic esters (lactones) is 1. The predicted molar refractivity (Wildman–Crippen MR) is 118 cm³/mol. The number of nitrogens with one attached hydrogen (secondary N) is 1. The number of anilines is 1. The average Bonchev–Trinajstić information content (AvgIpc) is 3.17. The van der Waals surface area contributed by atoms with Crippen LogP contribution in [0.15, 0.2) is 53.3 Å². The number of ether oxygens (including phenoxy) is 2. The monoisotopic (exact) mass is 474 g/mol. The zero-order chi connectivity index (χ0) is 24.6. The van der Waals surface area contributed by atoms with Crippen molar-refractivity contribution in [2.45, 2.75) is 26.1 Å². The number of hydrogen-bond donors (Lipinski definition) is 1. The molecule has 10 heteroatoms. The minimum absolute atomic E-state index is 0.0331. The first kappa shape index (κ1) is 23.3. The van der Waals surface area contributed by atoms with E-state index in [2.05, 4.69) is 4.98 Å². The van der Waals surface area contributed by atoms with Crippen LogP contribution in [0.5, 0.6) is 0 Å². The maximum Gasteiger partial charge on any atom is 0.417 e. The number of fused-ring (bicyclic) bond motifs is 1. The first-order chi connectivity index (χ1) is 16.0. The fourth-order valence-corrected chi connectivity index (χ4v) is 3.69. The molecule has 1 aliphatic rings. The van der Waals surface area contributed by atoms with E-state index in [1.54, 1.807) is 26.0 Å². The second-order valence-electron chi connectivity index (χ2n) is 8.23. The molecule has 4 rings (SSSR count). The number of alkyl halides is 3. The van der Waals surface area contributed by atoms with E-state index in [-0.39, 0.29) is 35.7 Å². The molecule has 0 radical (unpaired) electrons. The Morgan fingerprint density at radius 3 is 2.62 bits per heavy atom. The lowest BCUT2D eigenvalue weighted by molar-refractivity contribution is -0.149. The van der Waals surface area contributed by atoms with Gasteiger partial charge >= 0.3 is 18.2 Å². The fourth-order valence-electron chi connectivity index (χ4n) is 3.69. The Kier molecular flexibility index (Phi) is 6.07. The highest BCUT2D eigenvalue weighted by Gasteiger charge is 2.35. The van der Waals surface area contributed by atoms with E-state index in [0.29, 0.717) is 11.1 Å². The number of carbonyl (C=O) groups is 2. The Bertz CT molecular complexity index is 1320. The van der Waals surface area contributed by atoms with Gasteiger partial charge in [-0.1, -0.05) is 38.1 Å². The highest BCUT2D eigenvalue weighted by Crippen LogP contribution is 2.36. The Hall–Kier alpha value is -3.82. The standard InChI is InChI=1S/C24H21F3N2O5/c1-13(2)22(31)33-12-16-11-29(23(32)34-16)15-8-7-14-9-20(28-21(30)18(14)10-15)17-5-3-4-6-19(17)24(25,26)27/h3-10,13,16H,11-12H2,1-2H3,(H,28,30)/t16-/m0/s1. The third-order valence-corrected chi connectivity index (χ3v) is 5.42. The Morgan fingerprint density at radius 2 is 1.91 bits per heavy atom. The zero-order valence-corrected chi connectivity index (χ0v) is 18.3. The number of hydrogen-bond acceptors (Lipinski definition) is 5. The maximum atomic E-state index is 13.4. The molecule has 3 aromatic rings. The predicted octanol–water partition coefficient (Wildman–Crippen LogP) is 4.74. The lowest BCUT2D eigenvalue weighted by Crippen LogP contribution is -2.27. The summed E-state index contributed by atoms with van der Waals surface area (Å²) in [5.41, 5.74) is -1.18. The molecular weight excluding hydrogens is 453 g/mol. The highest BCUT2D eigenvalue weighted by atomic mass is 19.4. The second-order valence-corrected chi connectivity index (χ2v) is 8.23. The number of carbonyl (C=O) groups excluding carboxylic acids is 2. The van der Waals surface area contributed by atoms with Crippen LogP contribution in [0.4, 0.5) is 23.7 Å². The molecule has 0 saturated carbocycles. The van der Waals surface area contributed by atoms with Crippen molar-refractivity contribution in [2.24, 2.45) is 5.92 Å². The third-order valence-electron chi connectivity index (χ3n) is 5.42. The maximum absolute atomic E-state index is 13.4. The molecule has 0 unspecified atom stereocenters. The molecule has 1 aliphatic heterocycles. The van der Waals surface area contributed by atoms with Gasteiger partial charge in [-0.15, -0.1) is 0 Å². The summed E-state index contributed by atoms with van der Waals surface area (Å²) in [4.78, 5) is 40.5. The molecule has 2 heterocycles. The van der Waals surface area contributed by atoms with Gasteiger partial charge in [-0.2, -0.15) is 13.2 Å². The van der Waals surface area contributed by atoms with Crippen molar-refractivity contribution in [1.29, 1.82) is 0 Å². The normalized spacial score (nSPS) is 16.2. The Balaban J connectivity index is 1.62. The summed E-state index contributed by atoms with van der Waals surface area (Å²) >= 11 is 0. The van der Waals surface area contributed by atoms with Gasteiger partial charge in [0.2, 0.25) is 0 Å². The average molecular weight is 474 g/mol. The van der Waals surface area contributed by atoms with Gasteiger partial charge in [-0.3, -0.25) is 14.5 Å². The molecule has 1 amide bonds. The van der Waals surface area contributed by atoms with Crippen LogP contribution in [0.25, 0.3) is 22.0 Å². The summed E-state index contributed by atoms with van der Waals surface area (Å²) in [7, 11) is 0. The van der Waals surface area contributed by atoms with Crippen molar-refractivity contribution in [3.05, 3.63) is 64.4 Å². The third kappa shape index (κ3) is 4.61. The lowest BCUT2D eigenvalue weighted by Gasteiger charge is -2.15. The molecule has 1 N–H and O–H groups in total. The summed E-state index contributed by atoms with van der Waals surface area (Å²) in [5.74, 6) is -0.719. The van der Waals surface area contributed by atoms with Gasteiger partial charge < -0.3 is 14.5 Å². The van der Waals surface area contributed by atoms with Crippen LogP contribution < -0.4 is 10.5 Å². The van der Waals surface area contributed by atoms with Crippen molar-refractivity contribution in [3.8, 4) is 11.3 Å². The number of benzene rings is 2. The van der Waals surface area contributed by atoms with Gasteiger partial charge in [0.25, 0.3) is 5.56 Å². The second kappa shape index (κ2) is 8.85. The van der Waals surface area contributed by atoms with Gasteiger partial charge in [0.15, 0.2) is 6.10 Å². The molecule has 178 valence electrons. The van der Waals surface area contributed by atoms with E-state index >= 15 is 0 Å². The minimum Gasteiger partial charge on any atom is -0.461 e. The molecule has 0 spiro atoms. The number of aromatic amines is 1. The summed E-state index contributed by atoms with van der Waals surface area (Å²) < 4.78 is 50.6. The van der Waals surface area contributed by atoms with E-state index in [0.717, 1.165) is 6.07 Å². The van der Waals surface area contributed by atoms with E-state index in [4.69, 9.17) is 9.47 Å². The summed E-state index contributed by atoms with van der Waals surface area (Å²) in [6.07, 6.45) is -5.90. The van der Waals surface area contributed by atoms with E-state index in [1.165, 1.54) is 35.2 Å². The SMILES string of the molecule is CC(C)C(=O)OC[C@@H]1CN(c2ccc3cc(-c4ccccc4C(F)(F)F)[nH]c(=O)c3c2)C(=O)O1. The summed E-state index contributed by atoms with van der Waals surface area (Å²) in [6.45, 7) is 3.41. The minimum atomic E-state index is -4.58. The van der Waals surface area contributed by atoms with Crippen LogP contribution in [-0.4, -0.2) is 36.3 Å². The van der Waals surface area contributed by atoms with Gasteiger partial charge in [0.05, 0.1) is 18.0 Å². The van der Waals surface area contributed by atoms with Crippen molar-refractivity contribution in [1.82, 2.24) is 4.98 Å². The quantitative estimate of drug-likeness (QED) is 0.540. The highest BCUT2D eigenvalue weighted by molar-refractivity contribution is 5.94. The largest absolute Gasteiger partial charge is 0.461 e. The zero-order valence-electron chi connectivity index (χ0n) is 18.3. The molecule has 1 aromatic heterocycles. The van der Waals surface area contributed by atoms with Gasteiger partial charge in [0, 0.05) is 22.3 Å². The molecule has 0 bridgehead atoms. The Morgan fingerprint density at radius 1 is 1.18 bits per heavy atom. The van der Waals surface area contributed by atoms with E-state index in [1.807, 2.05) is 0 Å². The smallest absolute Gasteiger partial charge is 0.417 e. The van der Waals surface area contributed by atoms with Crippen molar-refractivity contribution >= 4 is 28.5 Å². The summed E-state index contributed by atoms with van der Waals surface area (Å²) in [5, 5.41) is 0.614. The molecular formula is C24H21F3N2O5. The Labute approximate surface area is 192 Å². The molecule has 1 saturated heterocycles. The topological polar surface area (TPSA) is 88.7 Å². The molecule has 1 atom stereocenters. The van der Waals surface area contributed by atoms with Crippen LogP contribution in [0.3, 0.4) is 0 Å². The molecule has 0 aliphatic carbocycles. The number of rotatable bonds is 5. The lowest BCUT2D eigenvalue weighted by atomic mass is 10.0. The number of halogens is 3. The summed E-state index contributed by atoms with van der Waals surface area (Å²) in [6, 6.07) is 11.0. The number of aromatic nitrogens is 1. The number of esters is 1. The van der Waals surface area contributed by atoms with Crippen LogP contribution in [0, 0.1) is 5.92 Å². The number of pyridine rings is 1. The number of nitrogens with zero attached hydrogens (tertiary/aromatic N) is 1. The number of amides is 1.